The van der Waals surface area contributed by atoms with Gasteiger partial charge in [0.25, 0.3) is 0 Å². The number of hydrogen-bond donors (Lipinski definition) is 2. The lowest BCUT2D eigenvalue weighted by Crippen LogP contribution is -2.37. The molecule has 0 aliphatic rings. The molecule has 2 amide bonds. The van der Waals surface area contributed by atoms with Gasteiger partial charge >= 0.3 is 0 Å². The van der Waals surface area contributed by atoms with Crippen molar-refractivity contribution < 1.29 is 14.3 Å². The number of likely N-dealkylation sites (N-methyl/N-ethyl adjacent to an activating group) is 1. The Balaban J connectivity index is 1.79. The third-order valence-corrected chi connectivity index (χ3v) is 4.53. The molecule has 0 unspecified atom stereocenters. The largest absolute Gasteiger partial charge is 0.486 e. The van der Waals surface area contributed by atoms with Crippen molar-refractivity contribution in [1.82, 2.24) is 25.4 Å². The van der Waals surface area contributed by atoms with Crippen LogP contribution in [-0.4, -0.2) is 45.4 Å². The lowest BCUT2D eigenvalue weighted by atomic mass is 10.3. The Kier molecular flexibility index (Phi) is 7.73. The maximum absolute atomic E-state index is 11.8. The van der Waals surface area contributed by atoms with E-state index in [-0.39, 0.29) is 30.7 Å². The monoisotopic (exact) mass is 397 g/mol. The third kappa shape index (κ3) is 6.23. The van der Waals surface area contributed by atoms with Gasteiger partial charge in [0.15, 0.2) is 11.0 Å². The Hall–Kier alpha value is -2.26. The summed E-state index contributed by atoms with van der Waals surface area (Å²) >= 11 is 7.07. The lowest BCUT2D eigenvalue weighted by Gasteiger charge is -2.07. The van der Waals surface area contributed by atoms with Crippen molar-refractivity contribution in [2.75, 3.05) is 18.8 Å². The van der Waals surface area contributed by atoms with Gasteiger partial charge < -0.3 is 19.9 Å². The first-order valence-electron chi connectivity index (χ1n) is 7.92. The smallest absolute Gasteiger partial charge is 0.239 e. The van der Waals surface area contributed by atoms with E-state index < -0.39 is 0 Å². The second kappa shape index (κ2) is 10.0. The number of amides is 2. The first-order valence-corrected chi connectivity index (χ1v) is 9.28. The van der Waals surface area contributed by atoms with E-state index in [4.69, 9.17) is 16.3 Å². The van der Waals surface area contributed by atoms with Crippen molar-refractivity contribution >= 4 is 35.2 Å². The van der Waals surface area contributed by atoms with Gasteiger partial charge in [0.1, 0.15) is 12.4 Å². The molecule has 2 N–H and O–H groups in total. The Labute approximate surface area is 160 Å². The van der Waals surface area contributed by atoms with Crippen LogP contribution >= 0.6 is 23.4 Å². The number of aromatic nitrogens is 3. The number of carbonyl (C=O) groups excluding carboxylic acids is 2. The van der Waals surface area contributed by atoms with Crippen LogP contribution in [0.2, 0.25) is 5.02 Å². The molecule has 10 heteroatoms. The standard InChI is InChI=1S/C16H20ClN5O3S/c1-3-18-14(23)8-19-15(24)10-26-16-21-20-13(22(16)2)9-25-12-6-4-11(17)5-7-12/h4-7H,3,8-10H2,1-2H3,(H,18,23)(H,19,24). The Morgan fingerprint density at radius 2 is 1.92 bits per heavy atom. The normalized spacial score (nSPS) is 10.4. The number of ether oxygens (including phenoxy) is 1. The van der Waals surface area contributed by atoms with Crippen molar-refractivity contribution in [2.45, 2.75) is 18.7 Å². The van der Waals surface area contributed by atoms with Gasteiger partial charge in [0.2, 0.25) is 11.8 Å². The topological polar surface area (TPSA) is 98.1 Å². The average Bonchev–Trinajstić information content (AvgIpc) is 2.98. The fourth-order valence-electron chi connectivity index (χ4n) is 1.89. The molecule has 0 atom stereocenters. The molecule has 8 nitrogen and oxygen atoms in total. The Morgan fingerprint density at radius 1 is 1.19 bits per heavy atom. The molecule has 0 spiro atoms. The fourth-order valence-corrected chi connectivity index (χ4v) is 2.78. The van der Waals surface area contributed by atoms with E-state index in [1.54, 1.807) is 35.9 Å². The summed E-state index contributed by atoms with van der Waals surface area (Å²) in [5.74, 6) is 0.986. The fraction of sp³-hybridized carbons (Fsp3) is 0.375. The molecular weight excluding hydrogens is 378 g/mol. The summed E-state index contributed by atoms with van der Waals surface area (Å²) in [4.78, 5) is 23.1. The van der Waals surface area contributed by atoms with Gasteiger partial charge in [0, 0.05) is 18.6 Å². The number of hydrogen-bond acceptors (Lipinski definition) is 6. The van der Waals surface area contributed by atoms with Crippen molar-refractivity contribution in [3.63, 3.8) is 0 Å². The van der Waals surface area contributed by atoms with Gasteiger partial charge in [0.05, 0.1) is 12.3 Å². The van der Waals surface area contributed by atoms with E-state index in [2.05, 4.69) is 20.8 Å². The van der Waals surface area contributed by atoms with Gasteiger partial charge in [-0.05, 0) is 31.2 Å². The van der Waals surface area contributed by atoms with Gasteiger partial charge in [-0.3, -0.25) is 9.59 Å². The summed E-state index contributed by atoms with van der Waals surface area (Å²) in [6.07, 6.45) is 0. The van der Waals surface area contributed by atoms with Crippen LogP contribution in [0.15, 0.2) is 29.4 Å². The minimum Gasteiger partial charge on any atom is -0.486 e. The molecule has 0 aliphatic carbocycles. The molecule has 1 aromatic carbocycles. The molecule has 2 rings (SSSR count). The lowest BCUT2D eigenvalue weighted by molar-refractivity contribution is -0.124. The molecule has 0 saturated heterocycles. The van der Waals surface area contributed by atoms with Crippen molar-refractivity contribution in [1.29, 1.82) is 0 Å². The number of carbonyl (C=O) groups is 2. The molecule has 2 aromatic rings. The summed E-state index contributed by atoms with van der Waals surface area (Å²) in [5.41, 5.74) is 0. The number of nitrogens with zero attached hydrogens (tertiary/aromatic N) is 3. The van der Waals surface area contributed by atoms with Crippen LogP contribution in [0.25, 0.3) is 0 Å². The van der Waals surface area contributed by atoms with Crippen LogP contribution in [-0.2, 0) is 23.2 Å². The average molecular weight is 398 g/mol. The zero-order valence-corrected chi connectivity index (χ0v) is 16.1. The number of halogens is 1. The van der Waals surface area contributed by atoms with Crippen LogP contribution in [0, 0.1) is 0 Å². The number of benzene rings is 1. The highest BCUT2D eigenvalue weighted by Crippen LogP contribution is 2.18. The van der Waals surface area contributed by atoms with Crippen molar-refractivity contribution in [2.24, 2.45) is 7.05 Å². The Bertz CT molecular complexity index is 751. The van der Waals surface area contributed by atoms with Crippen LogP contribution in [0.4, 0.5) is 0 Å². The number of nitrogens with one attached hydrogen (secondary N) is 2. The van der Waals surface area contributed by atoms with E-state index in [1.807, 2.05) is 6.92 Å². The molecule has 0 saturated carbocycles. The summed E-state index contributed by atoms with van der Waals surface area (Å²) in [6, 6.07) is 7.03. The molecular formula is C16H20ClN5O3S. The molecule has 0 bridgehead atoms. The van der Waals surface area contributed by atoms with Crippen LogP contribution < -0.4 is 15.4 Å². The van der Waals surface area contributed by atoms with Crippen LogP contribution in [0.5, 0.6) is 5.75 Å². The summed E-state index contributed by atoms with van der Waals surface area (Å²) < 4.78 is 7.40. The molecule has 26 heavy (non-hydrogen) atoms. The molecule has 0 aliphatic heterocycles. The van der Waals surface area contributed by atoms with Gasteiger partial charge in [-0.1, -0.05) is 23.4 Å². The van der Waals surface area contributed by atoms with Gasteiger partial charge in [-0.25, -0.2) is 0 Å². The first-order chi connectivity index (χ1) is 12.5. The van der Waals surface area contributed by atoms with E-state index in [1.165, 1.54) is 11.8 Å². The Morgan fingerprint density at radius 3 is 2.62 bits per heavy atom. The molecule has 0 fully saturated rings. The van der Waals surface area contributed by atoms with E-state index in [0.29, 0.717) is 28.3 Å². The second-order valence-corrected chi connectivity index (χ2v) is 6.60. The zero-order chi connectivity index (χ0) is 18.9. The van der Waals surface area contributed by atoms with Gasteiger partial charge in [-0.2, -0.15) is 0 Å². The molecule has 1 aromatic heterocycles. The SMILES string of the molecule is CCNC(=O)CNC(=O)CSc1nnc(COc2ccc(Cl)cc2)n1C. The summed E-state index contributed by atoms with van der Waals surface area (Å²) in [6.45, 7) is 2.56. The third-order valence-electron chi connectivity index (χ3n) is 3.26. The number of thioether (sulfide) groups is 1. The van der Waals surface area contributed by atoms with Gasteiger partial charge in [-0.15, -0.1) is 10.2 Å². The second-order valence-electron chi connectivity index (χ2n) is 5.22. The summed E-state index contributed by atoms with van der Waals surface area (Å²) in [5, 5.41) is 14.5. The predicted octanol–water partition coefficient (Wildman–Crippen LogP) is 1.39. The van der Waals surface area contributed by atoms with E-state index in [9.17, 15) is 9.59 Å². The zero-order valence-electron chi connectivity index (χ0n) is 14.5. The first kappa shape index (κ1) is 20.1. The van der Waals surface area contributed by atoms with Crippen LogP contribution in [0.1, 0.15) is 12.7 Å². The van der Waals surface area contributed by atoms with E-state index >= 15 is 0 Å². The maximum atomic E-state index is 11.8. The molecule has 1 heterocycles. The minimum absolute atomic E-state index is 0.0355. The minimum atomic E-state index is -0.247. The number of rotatable bonds is 9. The molecule has 0 radical (unpaired) electrons. The van der Waals surface area contributed by atoms with E-state index in [0.717, 1.165) is 0 Å². The van der Waals surface area contributed by atoms with Crippen LogP contribution in [0.3, 0.4) is 0 Å². The predicted molar refractivity (Wildman–Crippen MR) is 99.2 cm³/mol. The molecule has 140 valence electrons. The van der Waals surface area contributed by atoms with Crippen molar-refractivity contribution in [3.05, 3.63) is 35.1 Å². The highest BCUT2D eigenvalue weighted by Gasteiger charge is 2.12. The quantitative estimate of drug-likeness (QED) is 0.620. The maximum Gasteiger partial charge on any atom is 0.239 e. The highest BCUT2D eigenvalue weighted by atomic mass is 35.5. The highest BCUT2D eigenvalue weighted by molar-refractivity contribution is 7.99. The summed E-state index contributed by atoms with van der Waals surface area (Å²) in [7, 11) is 1.80. The van der Waals surface area contributed by atoms with Crippen molar-refractivity contribution in [3.8, 4) is 5.75 Å².